The molecule has 1 heterocycles. The van der Waals surface area contributed by atoms with E-state index < -0.39 is 22.2 Å². The Bertz CT molecular complexity index is 773. The molecule has 1 aromatic rings. The monoisotopic (exact) mass is 397 g/mol. The number of carbonyl (C=O) groups is 2. The van der Waals surface area contributed by atoms with Gasteiger partial charge in [-0.3, -0.25) is 4.79 Å². The van der Waals surface area contributed by atoms with E-state index in [1.54, 1.807) is 28.9 Å². The minimum atomic E-state index is -3.65. The molecule has 1 fully saturated rings. The van der Waals surface area contributed by atoms with E-state index in [1.807, 2.05) is 19.1 Å². The molecule has 150 valence electrons. The van der Waals surface area contributed by atoms with E-state index in [0.717, 1.165) is 5.56 Å². The third-order valence-electron chi connectivity index (χ3n) is 4.45. The average molecular weight is 397 g/mol. The van der Waals surface area contributed by atoms with Gasteiger partial charge in [-0.05, 0) is 31.9 Å². The van der Waals surface area contributed by atoms with Crippen molar-refractivity contribution in [2.24, 2.45) is 0 Å². The fourth-order valence-electron chi connectivity index (χ4n) is 2.94. The molecule has 2 rings (SSSR count). The second-order valence-electron chi connectivity index (χ2n) is 6.54. The quantitative estimate of drug-likeness (QED) is 0.776. The summed E-state index contributed by atoms with van der Waals surface area (Å²) in [5.41, 5.74) is 1.59. The topological polar surface area (TPSA) is 96.0 Å². The highest BCUT2D eigenvalue weighted by Gasteiger charge is 2.29. The molecule has 0 aromatic heterocycles. The molecule has 0 radical (unpaired) electrons. The van der Waals surface area contributed by atoms with Crippen LogP contribution in [0.5, 0.6) is 0 Å². The van der Waals surface area contributed by atoms with Crippen LogP contribution in [0.2, 0.25) is 0 Å². The molecule has 1 aliphatic heterocycles. The van der Waals surface area contributed by atoms with Crippen LogP contribution in [-0.2, 0) is 25.3 Å². The number of aryl methyl sites for hydroxylation is 1. The molecule has 1 N–H and O–H groups in total. The summed E-state index contributed by atoms with van der Waals surface area (Å²) >= 11 is 0. The van der Waals surface area contributed by atoms with Crippen molar-refractivity contribution in [3.8, 4) is 0 Å². The number of sulfonamides is 1. The minimum absolute atomic E-state index is 0.173. The summed E-state index contributed by atoms with van der Waals surface area (Å²) in [5, 5.41) is 0. The highest BCUT2D eigenvalue weighted by atomic mass is 32.2. The van der Waals surface area contributed by atoms with Gasteiger partial charge in [0.15, 0.2) is 0 Å². The Hall–Kier alpha value is -2.13. The van der Waals surface area contributed by atoms with Gasteiger partial charge in [0, 0.05) is 26.2 Å². The number of ether oxygens (including phenoxy) is 1. The number of nitrogens with zero attached hydrogens (tertiary/aromatic N) is 2. The maximum atomic E-state index is 12.6. The van der Waals surface area contributed by atoms with Crippen molar-refractivity contribution < 1.29 is 22.7 Å². The second-order valence-corrected chi connectivity index (χ2v) is 8.29. The first-order valence-corrected chi connectivity index (χ1v) is 10.6. The van der Waals surface area contributed by atoms with Gasteiger partial charge in [0.25, 0.3) is 0 Å². The summed E-state index contributed by atoms with van der Waals surface area (Å²) in [6, 6.07) is 6.38. The summed E-state index contributed by atoms with van der Waals surface area (Å²) in [7, 11) is -3.65. The lowest BCUT2D eigenvalue weighted by molar-refractivity contribution is -0.134. The molecule has 1 atom stereocenters. The van der Waals surface area contributed by atoms with Gasteiger partial charge < -0.3 is 14.5 Å². The van der Waals surface area contributed by atoms with Crippen LogP contribution in [0.1, 0.15) is 25.0 Å². The molecule has 0 spiro atoms. The summed E-state index contributed by atoms with van der Waals surface area (Å²) in [6.45, 7) is 6.86. The second kappa shape index (κ2) is 9.18. The molecule has 1 saturated heterocycles. The molecule has 0 aliphatic carbocycles. The Morgan fingerprint density at radius 1 is 1.15 bits per heavy atom. The molecular weight excluding hydrogens is 370 g/mol. The smallest absolute Gasteiger partial charge is 0.409 e. The molecular formula is C18H27N3O5S. The molecule has 2 amide bonds. The first-order chi connectivity index (χ1) is 12.7. The number of amides is 2. The largest absolute Gasteiger partial charge is 0.450 e. The van der Waals surface area contributed by atoms with Crippen LogP contribution >= 0.6 is 0 Å². The zero-order valence-electron chi connectivity index (χ0n) is 16.0. The SMILES string of the molecule is CCOC(=O)N1CCN(C(=O)[C@H](C)NS(=O)(=O)Cc2ccccc2C)CC1. The maximum absolute atomic E-state index is 12.6. The summed E-state index contributed by atoms with van der Waals surface area (Å²) < 4.78 is 32.2. The van der Waals surface area contributed by atoms with E-state index in [0.29, 0.717) is 38.3 Å². The Labute approximate surface area is 160 Å². The molecule has 9 heteroatoms. The fourth-order valence-corrected chi connectivity index (χ4v) is 4.39. The molecule has 1 aliphatic rings. The summed E-state index contributed by atoms with van der Waals surface area (Å²) in [4.78, 5) is 27.4. The Balaban J connectivity index is 1.90. The van der Waals surface area contributed by atoms with Gasteiger partial charge in [0.1, 0.15) is 0 Å². The van der Waals surface area contributed by atoms with Crippen molar-refractivity contribution in [2.45, 2.75) is 32.6 Å². The van der Waals surface area contributed by atoms with Gasteiger partial charge in [-0.2, -0.15) is 0 Å². The number of piperazine rings is 1. The third kappa shape index (κ3) is 5.93. The summed E-state index contributed by atoms with van der Waals surface area (Å²) in [6.07, 6.45) is -0.392. The highest BCUT2D eigenvalue weighted by Crippen LogP contribution is 2.12. The average Bonchev–Trinajstić information content (AvgIpc) is 2.63. The lowest BCUT2D eigenvalue weighted by Gasteiger charge is -2.35. The normalized spacial score (nSPS) is 16.1. The van der Waals surface area contributed by atoms with Gasteiger partial charge in [0.05, 0.1) is 18.4 Å². The van der Waals surface area contributed by atoms with E-state index in [9.17, 15) is 18.0 Å². The highest BCUT2D eigenvalue weighted by molar-refractivity contribution is 7.88. The van der Waals surface area contributed by atoms with Crippen LogP contribution in [0.3, 0.4) is 0 Å². The number of benzene rings is 1. The van der Waals surface area contributed by atoms with Crippen LogP contribution in [0.4, 0.5) is 4.79 Å². The number of rotatable bonds is 6. The number of hydrogen-bond acceptors (Lipinski definition) is 5. The van der Waals surface area contributed by atoms with Gasteiger partial charge in [0.2, 0.25) is 15.9 Å². The van der Waals surface area contributed by atoms with Gasteiger partial charge >= 0.3 is 6.09 Å². The molecule has 1 aromatic carbocycles. The van der Waals surface area contributed by atoms with Gasteiger partial charge in [-0.15, -0.1) is 0 Å². The zero-order chi connectivity index (χ0) is 20.0. The van der Waals surface area contributed by atoms with Crippen molar-refractivity contribution >= 4 is 22.0 Å². The zero-order valence-corrected chi connectivity index (χ0v) is 16.8. The number of carbonyl (C=O) groups excluding carboxylic acids is 2. The Kier molecular flexibility index (Phi) is 7.20. The third-order valence-corrected chi connectivity index (χ3v) is 5.85. The van der Waals surface area contributed by atoms with Crippen molar-refractivity contribution in [3.05, 3.63) is 35.4 Å². The van der Waals surface area contributed by atoms with Crippen LogP contribution in [0, 0.1) is 6.92 Å². The van der Waals surface area contributed by atoms with Gasteiger partial charge in [-0.25, -0.2) is 17.9 Å². The fraction of sp³-hybridized carbons (Fsp3) is 0.556. The van der Waals surface area contributed by atoms with Crippen molar-refractivity contribution in [3.63, 3.8) is 0 Å². The molecule has 27 heavy (non-hydrogen) atoms. The van der Waals surface area contributed by atoms with Crippen LogP contribution in [0.15, 0.2) is 24.3 Å². The van der Waals surface area contributed by atoms with Crippen LogP contribution in [0.25, 0.3) is 0 Å². The first kappa shape index (κ1) is 21.2. The Morgan fingerprint density at radius 3 is 2.33 bits per heavy atom. The van der Waals surface area contributed by atoms with E-state index in [2.05, 4.69) is 4.72 Å². The number of nitrogens with one attached hydrogen (secondary N) is 1. The van der Waals surface area contributed by atoms with Gasteiger partial charge in [-0.1, -0.05) is 24.3 Å². The summed E-state index contributed by atoms with van der Waals surface area (Å²) in [5.74, 6) is -0.472. The molecule has 8 nitrogen and oxygen atoms in total. The molecule has 0 unspecified atom stereocenters. The molecule has 0 bridgehead atoms. The van der Waals surface area contributed by atoms with E-state index >= 15 is 0 Å². The Morgan fingerprint density at radius 2 is 1.74 bits per heavy atom. The standard InChI is InChI=1S/C18H27N3O5S/c1-4-26-18(23)21-11-9-20(10-12-21)17(22)15(3)19-27(24,25)13-16-8-6-5-7-14(16)2/h5-8,15,19H,4,9-13H2,1-3H3/t15-/m0/s1. The van der Waals surface area contributed by atoms with Crippen LogP contribution in [-0.4, -0.2) is 69.0 Å². The van der Waals surface area contributed by atoms with Crippen molar-refractivity contribution in [1.82, 2.24) is 14.5 Å². The van der Waals surface area contributed by atoms with E-state index in [-0.39, 0.29) is 11.7 Å². The number of hydrogen-bond donors (Lipinski definition) is 1. The predicted molar refractivity (Wildman–Crippen MR) is 102 cm³/mol. The lowest BCUT2D eigenvalue weighted by atomic mass is 10.1. The van der Waals surface area contributed by atoms with Crippen LogP contribution < -0.4 is 4.72 Å². The maximum Gasteiger partial charge on any atom is 0.409 e. The molecule has 0 saturated carbocycles. The lowest BCUT2D eigenvalue weighted by Crippen LogP contribution is -2.55. The predicted octanol–water partition coefficient (Wildman–Crippen LogP) is 1.10. The first-order valence-electron chi connectivity index (χ1n) is 8.98. The van der Waals surface area contributed by atoms with Crippen molar-refractivity contribution in [2.75, 3.05) is 32.8 Å². The minimum Gasteiger partial charge on any atom is -0.450 e. The van der Waals surface area contributed by atoms with Crippen molar-refractivity contribution in [1.29, 1.82) is 0 Å². The van der Waals surface area contributed by atoms with E-state index in [4.69, 9.17) is 4.74 Å². The van der Waals surface area contributed by atoms with E-state index in [1.165, 1.54) is 6.92 Å².